The normalized spacial score (nSPS) is 16.0. The third-order valence-electron chi connectivity index (χ3n) is 5.64. The lowest BCUT2D eigenvalue weighted by Gasteiger charge is -2.33. The molecule has 3 aromatic rings. The van der Waals surface area contributed by atoms with Crippen LogP contribution in [0.3, 0.4) is 0 Å². The van der Waals surface area contributed by atoms with Crippen LogP contribution in [0.1, 0.15) is 42.5 Å². The average Bonchev–Trinajstić information content (AvgIpc) is 3.50. The molecule has 1 aliphatic heterocycles. The second-order valence-electron chi connectivity index (χ2n) is 7.78. The fraction of sp³-hybridized carbons (Fsp3) is 0.391. The maximum absolute atomic E-state index is 13.3. The van der Waals surface area contributed by atoms with Crippen LogP contribution >= 0.6 is 0 Å². The highest BCUT2D eigenvalue weighted by Gasteiger charge is 2.26. The van der Waals surface area contributed by atoms with Crippen LogP contribution in [0.4, 0.5) is 0 Å². The molecule has 1 N–H and O–H groups in total. The third-order valence-corrected chi connectivity index (χ3v) is 5.64. The predicted molar refractivity (Wildman–Crippen MR) is 120 cm³/mol. The Labute approximate surface area is 187 Å². The number of tetrazole rings is 1. The van der Waals surface area contributed by atoms with Gasteiger partial charge in [-0.05, 0) is 79.2 Å². The van der Waals surface area contributed by atoms with Crippen molar-refractivity contribution < 1.29 is 13.9 Å². The van der Waals surface area contributed by atoms with Gasteiger partial charge in [-0.25, -0.2) is 0 Å². The van der Waals surface area contributed by atoms with E-state index >= 15 is 0 Å². The number of methoxy groups -OCH3 is 1. The average molecular weight is 437 g/mol. The fourth-order valence-electron chi connectivity index (χ4n) is 3.97. The summed E-state index contributed by atoms with van der Waals surface area (Å²) in [5, 5.41) is 14.7. The molecule has 1 amide bonds. The zero-order valence-electron chi connectivity index (χ0n) is 18.4. The van der Waals surface area contributed by atoms with Crippen molar-refractivity contribution in [2.45, 2.75) is 32.2 Å². The monoisotopic (exact) mass is 436 g/mol. The van der Waals surface area contributed by atoms with Gasteiger partial charge in [-0.2, -0.15) is 4.68 Å². The summed E-state index contributed by atoms with van der Waals surface area (Å²) < 4.78 is 12.4. The molecule has 168 valence electrons. The van der Waals surface area contributed by atoms with E-state index in [4.69, 9.17) is 9.15 Å². The zero-order valence-corrected chi connectivity index (χ0v) is 18.4. The summed E-state index contributed by atoms with van der Waals surface area (Å²) in [5.41, 5.74) is 1.14. The smallest absolute Gasteiger partial charge is 0.270 e. The van der Waals surface area contributed by atoms with E-state index in [1.54, 1.807) is 26.4 Å². The van der Waals surface area contributed by atoms with Crippen molar-refractivity contribution in [1.82, 2.24) is 30.4 Å². The van der Waals surface area contributed by atoms with Crippen molar-refractivity contribution in [3.8, 4) is 5.75 Å². The maximum atomic E-state index is 13.3. The number of nitrogens with zero attached hydrogens (tertiary/aromatic N) is 5. The molecule has 0 aliphatic carbocycles. The van der Waals surface area contributed by atoms with Gasteiger partial charge >= 0.3 is 0 Å². The van der Waals surface area contributed by atoms with Crippen LogP contribution in [0.2, 0.25) is 0 Å². The van der Waals surface area contributed by atoms with E-state index in [1.807, 2.05) is 36.4 Å². The van der Waals surface area contributed by atoms with Crippen LogP contribution < -0.4 is 10.1 Å². The minimum Gasteiger partial charge on any atom is -0.497 e. The fourth-order valence-corrected chi connectivity index (χ4v) is 3.97. The molecule has 3 heterocycles. The van der Waals surface area contributed by atoms with E-state index in [0.717, 1.165) is 37.3 Å². The van der Waals surface area contributed by atoms with Crippen molar-refractivity contribution in [3.63, 3.8) is 0 Å². The van der Waals surface area contributed by atoms with E-state index in [2.05, 4.69) is 25.7 Å². The molecule has 1 saturated heterocycles. The number of piperidine rings is 1. The van der Waals surface area contributed by atoms with E-state index in [9.17, 15) is 4.79 Å². The summed E-state index contributed by atoms with van der Waals surface area (Å²) in [4.78, 5) is 15.7. The van der Waals surface area contributed by atoms with Gasteiger partial charge in [0.05, 0.1) is 19.4 Å². The van der Waals surface area contributed by atoms with E-state index < -0.39 is 0 Å². The zero-order chi connectivity index (χ0) is 22.3. The summed E-state index contributed by atoms with van der Waals surface area (Å²) >= 11 is 0. The number of carbonyl (C=O) groups is 1. The van der Waals surface area contributed by atoms with E-state index in [0.29, 0.717) is 23.8 Å². The first kappa shape index (κ1) is 21.8. The molecule has 0 radical (unpaired) electrons. The number of amides is 1. The van der Waals surface area contributed by atoms with Gasteiger partial charge in [0.2, 0.25) is 0 Å². The van der Waals surface area contributed by atoms with E-state index in [1.165, 1.54) is 11.1 Å². The standard InChI is InChI=1S/C23H28N6O3/c1-17-25-26-27-29(17)20(15-18-8-6-9-19(14-18)31-2)23(30)24-16-21(22-10-7-13-32-22)28-11-4-3-5-12-28/h6-10,13-15,21H,3-5,11-12,16H2,1-2H3,(H,24,30)/b20-15-. The Kier molecular flexibility index (Phi) is 6.96. The lowest BCUT2D eigenvalue weighted by Crippen LogP contribution is -2.41. The first-order valence-corrected chi connectivity index (χ1v) is 10.8. The van der Waals surface area contributed by atoms with Gasteiger partial charge in [0.15, 0.2) is 5.82 Å². The number of furan rings is 1. The van der Waals surface area contributed by atoms with Crippen LogP contribution in [-0.2, 0) is 4.79 Å². The van der Waals surface area contributed by atoms with Crippen molar-refractivity contribution in [2.75, 3.05) is 26.7 Å². The first-order valence-electron chi connectivity index (χ1n) is 10.8. The van der Waals surface area contributed by atoms with Crippen molar-refractivity contribution in [1.29, 1.82) is 0 Å². The molecule has 1 aliphatic rings. The molecule has 32 heavy (non-hydrogen) atoms. The van der Waals surface area contributed by atoms with Gasteiger partial charge in [0, 0.05) is 6.54 Å². The molecule has 0 saturated carbocycles. The Balaban J connectivity index is 1.58. The number of aromatic nitrogens is 4. The molecular formula is C23H28N6O3. The number of benzene rings is 1. The highest BCUT2D eigenvalue weighted by Crippen LogP contribution is 2.25. The number of hydrogen-bond donors (Lipinski definition) is 1. The van der Waals surface area contributed by atoms with Crippen LogP contribution in [0, 0.1) is 6.92 Å². The van der Waals surface area contributed by atoms with Crippen LogP contribution in [0.25, 0.3) is 11.8 Å². The topological polar surface area (TPSA) is 98.3 Å². The second-order valence-corrected chi connectivity index (χ2v) is 7.78. The number of likely N-dealkylation sites (tertiary alicyclic amines) is 1. The van der Waals surface area contributed by atoms with Gasteiger partial charge in [-0.3, -0.25) is 9.69 Å². The molecule has 1 aromatic carbocycles. The third kappa shape index (κ3) is 5.05. The lowest BCUT2D eigenvalue weighted by molar-refractivity contribution is -0.116. The summed E-state index contributed by atoms with van der Waals surface area (Å²) in [6.07, 6.45) is 6.96. The summed E-state index contributed by atoms with van der Waals surface area (Å²) in [6, 6.07) is 11.3. The molecule has 4 rings (SSSR count). The number of rotatable bonds is 8. The lowest BCUT2D eigenvalue weighted by atomic mass is 10.1. The Morgan fingerprint density at radius 2 is 2.09 bits per heavy atom. The first-order chi connectivity index (χ1) is 15.7. The molecule has 2 aromatic heterocycles. The second kappa shape index (κ2) is 10.2. The molecule has 9 heteroatoms. The van der Waals surface area contributed by atoms with Crippen LogP contribution in [0.15, 0.2) is 47.1 Å². The molecule has 1 fully saturated rings. The minimum atomic E-state index is -0.267. The summed E-state index contributed by atoms with van der Waals surface area (Å²) in [7, 11) is 1.61. The van der Waals surface area contributed by atoms with E-state index in [-0.39, 0.29) is 11.9 Å². The quantitative estimate of drug-likeness (QED) is 0.542. The van der Waals surface area contributed by atoms with Crippen LogP contribution in [-0.4, -0.2) is 57.8 Å². The van der Waals surface area contributed by atoms with Gasteiger partial charge < -0.3 is 14.5 Å². The Morgan fingerprint density at radius 3 is 2.78 bits per heavy atom. The van der Waals surface area contributed by atoms with Crippen molar-refractivity contribution in [3.05, 3.63) is 59.8 Å². The molecular weight excluding hydrogens is 408 g/mol. The minimum absolute atomic E-state index is 0.0257. The molecule has 0 bridgehead atoms. The highest BCUT2D eigenvalue weighted by molar-refractivity contribution is 6.18. The number of hydrogen-bond acceptors (Lipinski definition) is 7. The SMILES string of the molecule is COc1cccc(/C=C(/C(=O)NCC(c2ccco2)N2CCCCC2)n2nnnc2C)c1. The molecule has 9 nitrogen and oxygen atoms in total. The summed E-state index contributed by atoms with van der Waals surface area (Å²) in [5.74, 6) is 1.81. The number of nitrogens with one attached hydrogen (secondary N) is 1. The van der Waals surface area contributed by atoms with Gasteiger partial charge in [0.25, 0.3) is 5.91 Å². The predicted octanol–water partition coefficient (Wildman–Crippen LogP) is 2.92. The Bertz CT molecular complexity index is 1050. The van der Waals surface area contributed by atoms with Crippen molar-refractivity contribution >= 4 is 17.7 Å². The van der Waals surface area contributed by atoms with Crippen LogP contribution in [0.5, 0.6) is 5.75 Å². The number of ether oxygens (including phenoxy) is 1. The molecule has 0 spiro atoms. The number of carbonyl (C=O) groups excluding carboxylic acids is 1. The van der Waals surface area contributed by atoms with Gasteiger partial charge in [0.1, 0.15) is 17.2 Å². The number of aryl methyl sites for hydroxylation is 1. The summed E-state index contributed by atoms with van der Waals surface area (Å²) in [6.45, 7) is 4.15. The molecule has 1 atom stereocenters. The Hall–Kier alpha value is -3.46. The molecule has 1 unspecified atom stereocenters. The van der Waals surface area contributed by atoms with Crippen molar-refractivity contribution in [2.24, 2.45) is 0 Å². The largest absolute Gasteiger partial charge is 0.497 e. The Morgan fingerprint density at radius 1 is 1.25 bits per heavy atom. The maximum Gasteiger partial charge on any atom is 0.270 e. The van der Waals surface area contributed by atoms with Gasteiger partial charge in [-0.1, -0.05) is 18.6 Å². The van der Waals surface area contributed by atoms with Gasteiger partial charge in [-0.15, -0.1) is 5.10 Å². The highest BCUT2D eigenvalue weighted by atomic mass is 16.5.